The van der Waals surface area contributed by atoms with Crippen molar-refractivity contribution < 1.29 is 4.79 Å². The summed E-state index contributed by atoms with van der Waals surface area (Å²) >= 11 is 1.91. The van der Waals surface area contributed by atoms with Crippen molar-refractivity contribution in [3.8, 4) is 0 Å². The van der Waals surface area contributed by atoms with Gasteiger partial charge < -0.3 is 11.1 Å². The van der Waals surface area contributed by atoms with E-state index in [0.717, 1.165) is 18.4 Å². The van der Waals surface area contributed by atoms with Crippen LogP contribution in [0.3, 0.4) is 0 Å². The van der Waals surface area contributed by atoms with Crippen LogP contribution in [0.25, 0.3) is 0 Å². The second kappa shape index (κ2) is 9.34. The SMILES string of the molecule is CSC1CCCC(NC(=O)C(N)Cc2ccccc2)C1.Cl. The van der Waals surface area contributed by atoms with E-state index in [2.05, 4.69) is 11.6 Å². The number of amides is 1. The third-order valence-corrected chi connectivity index (χ3v) is 5.04. The van der Waals surface area contributed by atoms with Crippen molar-refractivity contribution in [3.05, 3.63) is 35.9 Å². The molecule has 0 aliphatic heterocycles. The van der Waals surface area contributed by atoms with E-state index in [9.17, 15) is 4.79 Å². The van der Waals surface area contributed by atoms with Crippen LogP contribution >= 0.6 is 24.2 Å². The van der Waals surface area contributed by atoms with Gasteiger partial charge in [0.2, 0.25) is 5.91 Å². The van der Waals surface area contributed by atoms with Crippen molar-refractivity contribution in [1.29, 1.82) is 0 Å². The Balaban J connectivity index is 0.00000220. The zero-order valence-electron chi connectivity index (χ0n) is 12.5. The first-order valence-electron chi connectivity index (χ1n) is 7.31. The molecule has 3 nitrogen and oxygen atoms in total. The standard InChI is InChI=1S/C16H24N2OS.ClH/c1-20-14-9-5-8-13(11-14)18-16(19)15(17)10-12-6-3-2-4-7-12;/h2-4,6-7,13-15H,5,8-11,17H2,1H3,(H,18,19);1H. The highest BCUT2D eigenvalue weighted by atomic mass is 35.5. The summed E-state index contributed by atoms with van der Waals surface area (Å²) in [6.07, 6.45) is 7.38. The molecule has 118 valence electrons. The Morgan fingerprint density at radius 2 is 2.10 bits per heavy atom. The fourth-order valence-electron chi connectivity index (χ4n) is 2.76. The lowest BCUT2D eigenvalue weighted by molar-refractivity contribution is -0.123. The van der Waals surface area contributed by atoms with Gasteiger partial charge in [-0.2, -0.15) is 11.8 Å². The Morgan fingerprint density at radius 3 is 2.76 bits per heavy atom. The average molecular weight is 329 g/mol. The smallest absolute Gasteiger partial charge is 0.237 e. The summed E-state index contributed by atoms with van der Waals surface area (Å²) in [6, 6.07) is 9.80. The highest BCUT2D eigenvalue weighted by molar-refractivity contribution is 7.99. The van der Waals surface area contributed by atoms with Crippen LogP contribution in [0, 0.1) is 0 Å². The molecule has 0 bridgehead atoms. The van der Waals surface area contributed by atoms with Gasteiger partial charge in [0.1, 0.15) is 0 Å². The molecule has 3 unspecified atom stereocenters. The molecule has 1 aliphatic carbocycles. The first-order valence-corrected chi connectivity index (χ1v) is 8.60. The van der Waals surface area contributed by atoms with Gasteiger partial charge in [0.05, 0.1) is 6.04 Å². The number of benzene rings is 1. The Hall–Kier alpha value is -0.710. The van der Waals surface area contributed by atoms with E-state index in [1.165, 1.54) is 12.8 Å². The topological polar surface area (TPSA) is 55.1 Å². The van der Waals surface area contributed by atoms with Crippen molar-refractivity contribution in [3.63, 3.8) is 0 Å². The minimum absolute atomic E-state index is 0. The summed E-state index contributed by atoms with van der Waals surface area (Å²) in [5.74, 6) is -0.0133. The van der Waals surface area contributed by atoms with Crippen LogP contribution in [0.4, 0.5) is 0 Å². The third kappa shape index (κ3) is 5.89. The molecule has 0 spiro atoms. The summed E-state index contributed by atoms with van der Waals surface area (Å²) in [6.45, 7) is 0. The molecule has 0 aromatic heterocycles. The van der Waals surface area contributed by atoms with Gasteiger partial charge in [-0.1, -0.05) is 36.8 Å². The zero-order valence-corrected chi connectivity index (χ0v) is 14.1. The lowest BCUT2D eigenvalue weighted by Crippen LogP contribution is -2.48. The molecule has 1 saturated carbocycles. The van der Waals surface area contributed by atoms with Crippen LogP contribution < -0.4 is 11.1 Å². The number of halogens is 1. The van der Waals surface area contributed by atoms with Gasteiger partial charge in [-0.15, -0.1) is 12.4 Å². The molecular weight excluding hydrogens is 304 g/mol. The molecule has 1 fully saturated rings. The molecule has 1 amide bonds. The molecule has 5 heteroatoms. The summed E-state index contributed by atoms with van der Waals surface area (Å²) in [7, 11) is 0. The van der Waals surface area contributed by atoms with Gasteiger partial charge in [0.25, 0.3) is 0 Å². The number of carbonyl (C=O) groups excluding carboxylic acids is 1. The van der Waals surface area contributed by atoms with Crippen LogP contribution in [0.5, 0.6) is 0 Å². The van der Waals surface area contributed by atoms with E-state index in [-0.39, 0.29) is 18.3 Å². The van der Waals surface area contributed by atoms with E-state index >= 15 is 0 Å². The van der Waals surface area contributed by atoms with Gasteiger partial charge in [-0.3, -0.25) is 4.79 Å². The summed E-state index contributed by atoms with van der Waals surface area (Å²) in [5.41, 5.74) is 7.13. The highest BCUT2D eigenvalue weighted by Crippen LogP contribution is 2.26. The monoisotopic (exact) mass is 328 g/mol. The van der Waals surface area contributed by atoms with Gasteiger partial charge in [-0.05, 0) is 37.5 Å². The first-order chi connectivity index (χ1) is 9.69. The van der Waals surface area contributed by atoms with Crippen LogP contribution in [-0.2, 0) is 11.2 Å². The van der Waals surface area contributed by atoms with Crippen molar-refractivity contribution in [2.24, 2.45) is 5.73 Å². The van der Waals surface area contributed by atoms with Gasteiger partial charge in [0.15, 0.2) is 0 Å². The van der Waals surface area contributed by atoms with Crippen LogP contribution in [0.15, 0.2) is 30.3 Å². The van der Waals surface area contributed by atoms with Crippen molar-refractivity contribution >= 4 is 30.1 Å². The molecule has 1 aromatic rings. The third-order valence-electron chi connectivity index (χ3n) is 3.94. The number of nitrogens with one attached hydrogen (secondary N) is 1. The summed E-state index contributed by atoms with van der Waals surface area (Å²) in [4.78, 5) is 12.2. The average Bonchev–Trinajstić information content (AvgIpc) is 2.48. The fourth-order valence-corrected chi connectivity index (χ4v) is 3.59. The molecule has 3 N–H and O–H groups in total. The van der Waals surface area contributed by atoms with E-state index in [4.69, 9.17) is 5.73 Å². The Bertz CT molecular complexity index is 430. The first kappa shape index (κ1) is 18.3. The molecule has 3 atom stereocenters. The maximum atomic E-state index is 12.2. The van der Waals surface area contributed by atoms with E-state index in [1.54, 1.807) is 0 Å². The Kier molecular flexibility index (Phi) is 8.15. The lowest BCUT2D eigenvalue weighted by Gasteiger charge is -2.29. The number of thioether (sulfide) groups is 1. The molecule has 2 rings (SSSR count). The second-order valence-corrected chi connectivity index (χ2v) is 6.66. The molecule has 0 radical (unpaired) electrons. The Labute approximate surface area is 137 Å². The number of rotatable bonds is 5. The number of carbonyl (C=O) groups is 1. The van der Waals surface area contributed by atoms with Crippen LogP contribution in [0.1, 0.15) is 31.2 Å². The van der Waals surface area contributed by atoms with Gasteiger partial charge >= 0.3 is 0 Å². The lowest BCUT2D eigenvalue weighted by atomic mass is 9.94. The van der Waals surface area contributed by atoms with E-state index in [1.807, 2.05) is 42.1 Å². The fraction of sp³-hybridized carbons (Fsp3) is 0.562. The molecule has 0 heterocycles. The van der Waals surface area contributed by atoms with Crippen molar-refractivity contribution in [2.45, 2.75) is 49.4 Å². The van der Waals surface area contributed by atoms with E-state index in [0.29, 0.717) is 17.7 Å². The predicted octanol–water partition coefficient (Wildman–Crippen LogP) is 2.77. The second-order valence-electron chi connectivity index (χ2n) is 5.53. The Morgan fingerprint density at radius 1 is 1.38 bits per heavy atom. The molecule has 0 saturated heterocycles. The van der Waals surface area contributed by atoms with Crippen molar-refractivity contribution in [1.82, 2.24) is 5.32 Å². The van der Waals surface area contributed by atoms with Gasteiger partial charge in [0, 0.05) is 11.3 Å². The maximum Gasteiger partial charge on any atom is 0.237 e. The van der Waals surface area contributed by atoms with E-state index < -0.39 is 6.04 Å². The minimum atomic E-state index is -0.452. The zero-order chi connectivity index (χ0) is 14.4. The molecular formula is C16H25ClN2OS. The molecule has 21 heavy (non-hydrogen) atoms. The summed E-state index contributed by atoms with van der Waals surface area (Å²) < 4.78 is 0. The quantitative estimate of drug-likeness (QED) is 0.874. The number of hydrogen-bond acceptors (Lipinski definition) is 3. The maximum absolute atomic E-state index is 12.2. The van der Waals surface area contributed by atoms with Crippen molar-refractivity contribution in [2.75, 3.05) is 6.26 Å². The summed E-state index contributed by atoms with van der Waals surface area (Å²) in [5, 5.41) is 3.81. The number of nitrogens with two attached hydrogens (primary N) is 1. The molecule has 1 aromatic carbocycles. The highest BCUT2D eigenvalue weighted by Gasteiger charge is 2.24. The normalized spacial score (nSPS) is 23.0. The van der Waals surface area contributed by atoms with Gasteiger partial charge in [-0.25, -0.2) is 0 Å². The van der Waals surface area contributed by atoms with Crippen LogP contribution in [-0.4, -0.2) is 29.5 Å². The molecule has 1 aliphatic rings. The predicted molar refractivity (Wildman–Crippen MR) is 93.1 cm³/mol. The minimum Gasteiger partial charge on any atom is -0.352 e. The van der Waals surface area contributed by atoms with Crippen LogP contribution in [0.2, 0.25) is 0 Å². The number of hydrogen-bond donors (Lipinski definition) is 2. The largest absolute Gasteiger partial charge is 0.352 e.